The quantitative estimate of drug-likeness (QED) is 0.661. The standard InChI is InChI=1S/C20H25NO5/c1-23-17-11-10-16(18(24-2)19(17)25-3)20(22)21-12-7-13-26-14-15-8-5-4-6-9-15/h4-6,8-11H,7,12-14H2,1-3H3,(H,21,22). The third-order valence-corrected chi connectivity index (χ3v) is 3.81. The fourth-order valence-electron chi connectivity index (χ4n) is 2.52. The summed E-state index contributed by atoms with van der Waals surface area (Å²) in [6, 6.07) is 13.3. The van der Waals surface area contributed by atoms with Gasteiger partial charge in [0.1, 0.15) is 0 Å². The Labute approximate surface area is 154 Å². The van der Waals surface area contributed by atoms with E-state index in [0.29, 0.717) is 49.0 Å². The summed E-state index contributed by atoms with van der Waals surface area (Å²) in [5.74, 6) is 1.03. The molecule has 2 rings (SSSR count). The van der Waals surface area contributed by atoms with Gasteiger partial charge in [-0.2, -0.15) is 0 Å². The fraction of sp³-hybridized carbons (Fsp3) is 0.350. The third-order valence-electron chi connectivity index (χ3n) is 3.81. The number of carbonyl (C=O) groups is 1. The Hall–Kier alpha value is -2.73. The molecule has 0 atom stereocenters. The summed E-state index contributed by atoms with van der Waals surface area (Å²) in [6.45, 7) is 1.64. The zero-order valence-corrected chi connectivity index (χ0v) is 15.4. The number of methoxy groups -OCH3 is 3. The summed E-state index contributed by atoms with van der Waals surface area (Å²) < 4.78 is 21.5. The van der Waals surface area contributed by atoms with Crippen molar-refractivity contribution in [2.45, 2.75) is 13.0 Å². The number of amides is 1. The van der Waals surface area contributed by atoms with Crippen LogP contribution in [0.2, 0.25) is 0 Å². The summed E-state index contributed by atoms with van der Waals surface area (Å²) in [6.07, 6.45) is 0.716. The van der Waals surface area contributed by atoms with Gasteiger partial charge < -0.3 is 24.3 Å². The first-order valence-corrected chi connectivity index (χ1v) is 8.40. The molecule has 0 spiro atoms. The maximum atomic E-state index is 12.4. The van der Waals surface area contributed by atoms with Crippen molar-refractivity contribution in [3.63, 3.8) is 0 Å². The van der Waals surface area contributed by atoms with Gasteiger partial charge in [0.25, 0.3) is 5.91 Å². The molecule has 6 heteroatoms. The van der Waals surface area contributed by atoms with Crippen LogP contribution in [0.15, 0.2) is 42.5 Å². The molecule has 2 aromatic rings. The van der Waals surface area contributed by atoms with Gasteiger partial charge in [-0.3, -0.25) is 4.79 Å². The molecule has 0 saturated carbocycles. The Morgan fingerprint density at radius 3 is 2.31 bits per heavy atom. The van der Waals surface area contributed by atoms with Crippen molar-refractivity contribution in [2.24, 2.45) is 0 Å². The maximum Gasteiger partial charge on any atom is 0.255 e. The van der Waals surface area contributed by atoms with Crippen LogP contribution in [-0.4, -0.2) is 40.4 Å². The molecule has 1 N–H and O–H groups in total. The first-order valence-electron chi connectivity index (χ1n) is 8.40. The van der Waals surface area contributed by atoms with E-state index in [2.05, 4.69) is 5.32 Å². The van der Waals surface area contributed by atoms with Crippen LogP contribution in [0.5, 0.6) is 17.2 Å². The van der Waals surface area contributed by atoms with E-state index < -0.39 is 0 Å². The molecule has 0 saturated heterocycles. The largest absolute Gasteiger partial charge is 0.493 e. The van der Waals surface area contributed by atoms with Crippen LogP contribution in [0.1, 0.15) is 22.3 Å². The van der Waals surface area contributed by atoms with Crippen molar-refractivity contribution < 1.29 is 23.7 Å². The lowest BCUT2D eigenvalue weighted by Crippen LogP contribution is -2.25. The minimum atomic E-state index is -0.231. The van der Waals surface area contributed by atoms with Gasteiger partial charge in [-0.15, -0.1) is 0 Å². The average molecular weight is 359 g/mol. The Balaban J connectivity index is 1.82. The van der Waals surface area contributed by atoms with Gasteiger partial charge in [-0.25, -0.2) is 0 Å². The zero-order chi connectivity index (χ0) is 18.8. The summed E-state index contributed by atoms with van der Waals surface area (Å²) in [7, 11) is 4.53. The second-order valence-corrected chi connectivity index (χ2v) is 5.53. The van der Waals surface area contributed by atoms with Gasteiger partial charge in [0.2, 0.25) is 5.75 Å². The van der Waals surface area contributed by atoms with Crippen molar-refractivity contribution in [1.82, 2.24) is 5.32 Å². The van der Waals surface area contributed by atoms with Crippen molar-refractivity contribution >= 4 is 5.91 Å². The van der Waals surface area contributed by atoms with E-state index in [9.17, 15) is 4.79 Å². The number of rotatable bonds is 10. The molecule has 0 aliphatic carbocycles. The van der Waals surface area contributed by atoms with Crippen molar-refractivity contribution in [3.05, 3.63) is 53.6 Å². The first-order chi connectivity index (χ1) is 12.7. The molecule has 0 bridgehead atoms. The molecule has 26 heavy (non-hydrogen) atoms. The summed E-state index contributed by atoms with van der Waals surface area (Å²) in [5, 5.41) is 2.87. The van der Waals surface area contributed by atoms with E-state index in [1.807, 2.05) is 30.3 Å². The highest BCUT2D eigenvalue weighted by atomic mass is 16.5. The van der Waals surface area contributed by atoms with Gasteiger partial charge in [0, 0.05) is 13.2 Å². The summed E-state index contributed by atoms with van der Waals surface area (Å²) in [4.78, 5) is 12.4. The molecule has 0 heterocycles. The molecular weight excluding hydrogens is 334 g/mol. The third kappa shape index (κ3) is 5.13. The van der Waals surface area contributed by atoms with Crippen molar-refractivity contribution in [3.8, 4) is 17.2 Å². The van der Waals surface area contributed by atoms with E-state index in [-0.39, 0.29) is 5.91 Å². The lowest BCUT2D eigenvalue weighted by atomic mass is 10.1. The number of nitrogens with one attached hydrogen (secondary N) is 1. The molecular formula is C20H25NO5. The molecule has 0 unspecified atom stereocenters. The molecule has 140 valence electrons. The van der Waals surface area contributed by atoms with Gasteiger partial charge in [-0.05, 0) is 24.1 Å². The highest BCUT2D eigenvalue weighted by Crippen LogP contribution is 2.39. The van der Waals surface area contributed by atoms with Crippen LogP contribution >= 0.6 is 0 Å². The number of ether oxygens (including phenoxy) is 4. The van der Waals surface area contributed by atoms with Crippen LogP contribution in [0, 0.1) is 0 Å². The number of hydrogen-bond donors (Lipinski definition) is 1. The molecule has 0 fully saturated rings. The SMILES string of the molecule is COc1ccc(C(=O)NCCCOCc2ccccc2)c(OC)c1OC. The van der Waals surface area contributed by atoms with Crippen LogP contribution in [0.4, 0.5) is 0 Å². The molecule has 0 aliphatic heterocycles. The molecule has 0 aliphatic rings. The second-order valence-electron chi connectivity index (χ2n) is 5.53. The molecule has 0 aromatic heterocycles. The Kier molecular flexibility index (Phi) is 7.76. The highest BCUT2D eigenvalue weighted by Gasteiger charge is 2.20. The normalized spacial score (nSPS) is 10.3. The predicted molar refractivity (Wildman–Crippen MR) is 99.1 cm³/mol. The van der Waals surface area contributed by atoms with Gasteiger partial charge in [0.05, 0.1) is 33.5 Å². The van der Waals surface area contributed by atoms with Crippen LogP contribution in [0.3, 0.4) is 0 Å². The average Bonchev–Trinajstić information content (AvgIpc) is 2.69. The molecule has 2 aromatic carbocycles. The maximum absolute atomic E-state index is 12.4. The minimum Gasteiger partial charge on any atom is -0.493 e. The fourth-order valence-corrected chi connectivity index (χ4v) is 2.52. The van der Waals surface area contributed by atoms with E-state index in [4.69, 9.17) is 18.9 Å². The van der Waals surface area contributed by atoms with Gasteiger partial charge >= 0.3 is 0 Å². The number of hydrogen-bond acceptors (Lipinski definition) is 5. The lowest BCUT2D eigenvalue weighted by molar-refractivity contribution is 0.0931. The van der Waals surface area contributed by atoms with Crippen molar-refractivity contribution in [1.29, 1.82) is 0 Å². The summed E-state index contributed by atoms with van der Waals surface area (Å²) in [5.41, 5.74) is 1.53. The Morgan fingerprint density at radius 1 is 0.923 bits per heavy atom. The molecule has 6 nitrogen and oxygen atoms in total. The number of carbonyl (C=O) groups excluding carboxylic acids is 1. The van der Waals surface area contributed by atoms with Crippen LogP contribution < -0.4 is 19.5 Å². The van der Waals surface area contributed by atoms with Crippen LogP contribution in [-0.2, 0) is 11.3 Å². The smallest absolute Gasteiger partial charge is 0.255 e. The van der Waals surface area contributed by atoms with E-state index in [1.54, 1.807) is 12.1 Å². The van der Waals surface area contributed by atoms with E-state index >= 15 is 0 Å². The van der Waals surface area contributed by atoms with E-state index in [0.717, 1.165) is 5.56 Å². The van der Waals surface area contributed by atoms with Crippen molar-refractivity contribution in [2.75, 3.05) is 34.5 Å². The van der Waals surface area contributed by atoms with Gasteiger partial charge in [-0.1, -0.05) is 30.3 Å². The zero-order valence-electron chi connectivity index (χ0n) is 15.4. The number of benzene rings is 2. The second kappa shape index (κ2) is 10.3. The Bertz CT molecular complexity index is 703. The molecule has 1 amide bonds. The van der Waals surface area contributed by atoms with Gasteiger partial charge in [0.15, 0.2) is 11.5 Å². The monoisotopic (exact) mass is 359 g/mol. The van der Waals surface area contributed by atoms with Crippen LogP contribution in [0.25, 0.3) is 0 Å². The van der Waals surface area contributed by atoms with E-state index in [1.165, 1.54) is 21.3 Å². The highest BCUT2D eigenvalue weighted by molar-refractivity contribution is 5.98. The molecule has 0 radical (unpaired) electrons. The summed E-state index contributed by atoms with van der Waals surface area (Å²) >= 11 is 0. The Morgan fingerprint density at radius 2 is 1.65 bits per heavy atom. The predicted octanol–water partition coefficient (Wildman–Crippen LogP) is 3.05. The lowest BCUT2D eigenvalue weighted by Gasteiger charge is -2.15. The topological polar surface area (TPSA) is 66.0 Å². The minimum absolute atomic E-state index is 0.231. The first kappa shape index (κ1) is 19.6.